The summed E-state index contributed by atoms with van der Waals surface area (Å²) < 4.78 is 27.5. The van der Waals surface area contributed by atoms with Crippen molar-refractivity contribution in [3.63, 3.8) is 0 Å². The molecule has 4 unspecified atom stereocenters. The second kappa shape index (κ2) is 5.30. The van der Waals surface area contributed by atoms with Gasteiger partial charge in [-0.25, -0.2) is 8.78 Å². The van der Waals surface area contributed by atoms with Crippen LogP contribution in [0.15, 0.2) is 18.2 Å². The van der Waals surface area contributed by atoms with Crippen LogP contribution in [0.2, 0.25) is 0 Å². The highest BCUT2D eigenvalue weighted by molar-refractivity contribution is 5.83. The van der Waals surface area contributed by atoms with Crippen molar-refractivity contribution in [1.29, 1.82) is 0 Å². The van der Waals surface area contributed by atoms with E-state index in [-0.39, 0.29) is 29.3 Å². The Bertz CT molecular complexity index is 574. The van der Waals surface area contributed by atoms with E-state index in [0.29, 0.717) is 18.5 Å². The molecule has 3 nitrogen and oxygen atoms in total. The Hall–Kier alpha value is -1.49. The molecule has 0 spiro atoms. The van der Waals surface area contributed by atoms with Crippen LogP contribution in [-0.2, 0) is 4.79 Å². The maximum Gasteiger partial charge on any atom is 0.223 e. The maximum absolute atomic E-state index is 13.8. The van der Waals surface area contributed by atoms with Gasteiger partial charge in [0.15, 0.2) is 0 Å². The molecule has 0 radical (unpaired) electrons. The average Bonchev–Trinajstić information content (AvgIpc) is 3.18. The van der Waals surface area contributed by atoms with Crippen LogP contribution in [0, 0.1) is 17.6 Å². The molecule has 3 fully saturated rings. The van der Waals surface area contributed by atoms with E-state index in [4.69, 9.17) is 0 Å². The number of carbonyl (C=O) groups is 1. The molecule has 1 saturated carbocycles. The molecule has 3 aliphatic rings. The highest BCUT2D eigenvalue weighted by atomic mass is 19.1. The van der Waals surface area contributed by atoms with E-state index in [1.54, 1.807) is 0 Å². The largest absolute Gasteiger partial charge is 0.353 e. The van der Waals surface area contributed by atoms with Crippen LogP contribution in [0.4, 0.5) is 8.78 Å². The molecule has 2 heterocycles. The fourth-order valence-electron chi connectivity index (χ4n) is 4.15. The molecular weight excluding hydrogens is 286 g/mol. The van der Waals surface area contributed by atoms with Gasteiger partial charge in [0.1, 0.15) is 11.6 Å². The van der Waals surface area contributed by atoms with Gasteiger partial charge < -0.3 is 10.6 Å². The van der Waals surface area contributed by atoms with Crippen LogP contribution >= 0.6 is 0 Å². The van der Waals surface area contributed by atoms with Gasteiger partial charge in [-0.2, -0.15) is 0 Å². The molecule has 5 heteroatoms. The number of amides is 1. The first-order valence-electron chi connectivity index (χ1n) is 8.12. The second-order valence-corrected chi connectivity index (χ2v) is 6.90. The molecule has 1 aromatic rings. The van der Waals surface area contributed by atoms with Gasteiger partial charge >= 0.3 is 0 Å². The number of carbonyl (C=O) groups excluding carboxylic acids is 1. The van der Waals surface area contributed by atoms with E-state index in [9.17, 15) is 13.6 Å². The Labute approximate surface area is 128 Å². The Morgan fingerprint density at radius 3 is 2.36 bits per heavy atom. The fraction of sp³-hybridized carbons (Fsp3) is 0.588. The predicted octanol–water partition coefficient (Wildman–Crippen LogP) is 2.47. The van der Waals surface area contributed by atoms with Crippen molar-refractivity contribution in [1.82, 2.24) is 10.6 Å². The van der Waals surface area contributed by atoms with Gasteiger partial charge in [0.25, 0.3) is 0 Å². The monoisotopic (exact) mass is 306 g/mol. The van der Waals surface area contributed by atoms with Gasteiger partial charge in [-0.05, 0) is 44.2 Å². The SMILES string of the molecule is O=C(NC1CC2CCC(C1)N2)C1CC1c1c(F)cccc1F. The molecule has 4 atom stereocenters. The third kappa shape index (κ3) is 2.51. The van der Waals surface area contributed by atoms with Gasteiger partial charge in [-0.1, -0.05) is 6.07 Å². The highest BCUT2D eigenvalue weighted by Crippen LogP contribution is 2.49. The summed E-state index contributed by atoms with van der Waals surface area (Å²) in [5.74, 6) is -1.71. The van der Waals surface area contributed by atoms with Crippen molar-refractivity contribution in [2.45, 2.75) is 56.1 Å². The van der Waals surface area contributed by atoms with Crippen molar-refractivity contribution in [2.24, 2.45) is 5.92 Å². The summed E-state index contributed by atoms with van der Waals surface area (Å²) in [4.78, 5) is 12.3. The van der Waals surface area contributed by atoms with E-state index in [0.717, 1.165) is 12.8 Å². The van der Waals surface area contributed by atoms with Crippen molar-refractivity contribution in [3.8, 4) is 0 Å². The zero-order valence-electron chi connectivity index (χ0n) is 12.3. The Morgan fingerprint density at radius 1 is 1.09 bits per heavy atom. The van der Waals surface area contributed by atoms with Gasteiger partial charge in [0.05, 0.1) is 0 Å². The minimum Gasteiger partial charge on any atom is -0.353 e. The van der Waals surface area contributed by atoms with E-state index in [1.165, 1.54) is 31.0 Å². The molecule has 2 N–H and O–H groups in total. The summed E-state index contributed by atoms with van der Waals surface area (Å²) in [5, 5.41) is 6.63. The summed E-state index contributed by atoms with van der Waals surface area (Å²) in [6.07, 6.45) is 4.84. The van der Waals surface area contributed by atoms with Gasteiger partial charge in [-0.3, -0.25) is 4.79 Å². The third-order valence-electron chi connectivity index (χ3n) is 5.32. The van der Waals surface area contributed by atoms with Crippen molar-refractivity contribution in [3.05, 3.63) is 35.4 Å². The summed E-state index contributed by atoms with van der Waals surface area (Å²) >= 11 is 0. The summed E-state index contributed by atoms with van der Waals surface area (Å²) in [6, 6.07) is 5.12. The van der Waals surface area contributed by atoms with Gasteiger partial charge in [0.2, 0.25) is 5.91 Å². The number of piperidine rings is 1. The standard InChI is InChI=1S/C17H20F2N2O/c18-14-2-1-3-15(19)16(14)12-8-13(12)17(22)21-11-6-9-4-5-10(7-11)20-9/h1-3,9-13,20H,4-8H2,(H,21,22). The van der Waals surface area contributed by atoms with Crippen LogP contribution in [0.1, 0.15) is 43.6 Å². The predicted molar refractivity (Wildman–Crippen MR) is 78.3 cm³/mol. The molecule has 4 rings (SSSR count). The minimum atomic E-state index is -0.541. The van der Waals surface area contributed by atoms with Crippen LogP contribution in [0.5, 0.6) is 0 Å². The third-order valence-corrected chi connectivity index (χ3v) is 5.32. The lowest BCUT2D eigenvalue weighted by atomic mass is 9.99. The zero-order valence-corrected chi connectivity index (χ0v) is 12.3. The van der Waals surface area contributed by atoms with E-state index in [1.807, 2.05) is 0 Å². The van der Waals surface area contributed by atoms with E-state index in [2.05, 4.69) is 10.6 Å². The van der Waals surface area contributed by atoms with Crippen LogP contribution in [0.25, 0.3) is 0 Å². The average molecular weight is 306 g/mol. The summed E-state index contributed by atoms with van der Waals surface area (Å²) in [5.41, 5.74) is 0.0769. The fourth-order valence-corrected chi connectivity index (χ4v) is 4.15. The number of hydrogen-bond donors (Lipinski definition) is 2. The zero-order chi connectivity index (χ0) is 15.3. The summed E-state index contributed by atoms with van der Waals surface area (Å²) in [6.45, 7) is 0. The smallest absolute Gasteiger partial charge is 0.223 e. The molecule has 118 valence electrons. The van der Waals surface area contributed by atoms with Gasteiger partial charge in [0, 0.05) is 35.5 Å². The number of benzene rings is 1. The van der Waals surface area contributed by atoms with Crippen LogP contribution < -0.4 is 10.6 Å². The normalized spacial score (nSPS) is 36.2. The molecular formula is C17H20F2N2O. The molecule has 1 amide bonds. The van der Waals surface area contributed by atoms with Gasteiger partial charge in [-0.15, -0.1) is 0 Å². The topological polar surface area (TPSA) is 41.1 Å². The molecule has 1 aromatic carbocycles. The minimum absolute atomic E-state index is 0.0426. The van der Waals surface area contributed by atoms with E-state index < -0.39 is 11.6 Å². The second-order valence-electron chi connectivity index (χ2n) is 6.90. The number of hydrogen-bond acceptors (Lipinski definition) is 2. The first-order chi connectivity index (χ1) is 10.6. The number of nitrogens with one attached hydrogen (secondary N) is 2. The number of rotatable bonds is 3. The molecule has 0 aromatic heterocycles. The highest BCUT2D eigenvalue weighted by Gasteiger charge is 2.47. The van der Waals surface area contributed by atoms with Crippen molar-refractivity contribution >= 4 is 5.91 Å². The lowest BCUT2D eigenvalue weighted by Crippen LogP contribution is -2.48. The lowest BCUT2D eigenvalue weighted by Gasteiger charge is -2.29. The van der Waals surface area contributed by atoms with Crippen LogP contribution in [0.3, 0.4) is 0 Å². The summed E-state index contributed by atoms with van der Waals surface area (Å²) in [7, 11) is 0. The first kappa shape index (κ1) is 14.1. The molecule has 2 bridgehead atoms. The lowest BCUT2D eigenvalue weighted by molar-refractivity contribution is -0.123. The van der Waals surface area contributed by atoms with E-state index >= 15 is 0 Å². The van der Waals surface area contributed by atoms with Crippen molar-refractivity contribution < 1.29 is 13.6 Å². The first-order valence-corrected chi connectivity index (χ1v) is 8.12. The maximum atomic E-state index is 13.8. The Kier molecular flexibility index (Phi) is 3.40. The Balaban J connectivity index is 1.39. The number of halogens is 2. The Morgan fingerprint density at radius 2 is 1.73 bits per heavy atom. The molecule has 2 saturated heterocycles. The molecule has 1 aliphatic carbocycles. The van der Waals surface area contributed by atoms with Crippen molar-refractivity contribution in [2.75, 3.05) is 0 Å². The van der Waals surface area contributed by atoms with Crippen LogP contribution in [-0.4, -0.2) is 24.0 Å². The molecule has 2 aliphatic heterocycles. The number of fused-ring (bicyclic) bond motifs is 2. The molecule has 22 heavy (non-hydrogen) atoms. The quantitative estimate of drug-likeness (QED) is 0.901.